The van der Waals surface area contributed by atoms with Crippen LogP contribution in [0, 0.1) is 0 Å². The van der Waals surface area contributed by atoms with E-state index in [4.69, 9.17) is 37.4 Å². The smallest absolute Gasteiger partial charge is 0.162 e. The van der Waals surface area contributed by atoms with Gasteiger partial charge < -0.3 is 19.5 Å². The highest BCUT2D eigenvalue weighted by atomic mass is 79.9. The van der Waals surface area contributed by atoms with Gasteiger partial charge in [-0.25, -0.2) is 0 Å². The van der Waals surface area contributed by atoms with Crippen LogP contribution in [-0.4, -0.2) is 26.9 Å². The van der Waals surface area contributed by atoms with E-state index in [0.29, 0.717) is 47.9 Å². The van der Waals surface area contributed by atoms with Crippen LogP contribution in [0.4, 0.5) is 0 Å². The molecule has 1 N–H and O–H groups in total. The average molecular weight is 463 g/mol. The van der Waals surface area contributed by atoms with Crippen molar-refractivity contribution in [1.29, 1.82) is 0 Å². The molecule has 0 aliphatic carbocycles. The van der Waals surface area contributed by atoms with Gasteiger partial charge in [0.15, 0.2) is 11.5 Å². The molecule has 0 fully saturated rings. The van der Waals surface area contributed by atoms with Crippen molar-refractivity contribution in [2.45, 2.75) is 20.1 Å². The summed E-state index contributed by atoms with van der Waals surface area (Å²) in [6.45, 7) is 5.03. The van der Waals surface area contributed by atoms with E-state index >= 15 is 0 Å². The number of ether oxygens (including phenoxy) is 3. The van der Waals surface area contributed by atoms with Crippen LogP contribution in [0.1, 0.15) is 18.1 Å². The molecule has 0 heterocycles. The molecule has 2 rings (SSSR count). The summed E-state index contributed by atoms with van der Waals surface area (Å²) < 4.78 is 17.7. The van der Waals surface area contributed by atoms with Crippen molar-refractivity contribution in [3.05, 3.63) is 56.0 Å². The van der Waals surface area contributed by atoms with Gasteiger partial charge in [-0.15, -0.1) is 0 Å². The molecule has 0 amide bonds. The van der Waals surface area contributed by atoms with Gasteiger partial charge >= 0.3 is 0 Å². The zero-order chi connectivity index (χ0) is 18.9. The van der Waals surface area contributed by atoms with Gasteiger partial charge in [0.2, 0.25) is 0 Å². The summed E-state index contributed by atoms with van der Waals surface area (Å²) in [4.78, 5) is 0. The number of hydrogen-bond acceptors (Lipinski definition) is 4. The fourth-order valence-electron chi connectivity index (χ4n) is 2.28. The highest BCUT2D eigenvalue weighted by molar-refractivity contribution is 9.10. The topological polar surface area (TPSA) is 39.7 Å². The standard InChI is InChI=1S/C19H22BrCl2NO3/c1-3-25-18-9-14(11-23-6-7-24-2)15(20)10-19(18)26-12-13-4-5-16(21)17(22)8-13/h4-5,8-10,23H,3,6-7,11-12H2,1-2H3. The first-order chi connectivity index (χ1) is 12.5. The Labute approximate surface area is 172 Å². The van der Waals surface area contributed by atoms with E-state index in [0.717, 1.165) is 22.1 Å². The molecule has 26 heavy (non-hydrogen) atoms. The lowest BCUT2D eigenvalue weighted by Crippen LogP contribution is -2.18. The molecule has 4 nitrogen and oxygen atoms in total. The van der Waals surface area contributed by atoms with E-state index in [1.807, 2.05) is 25.1 Å². The molecule has 0 spiro atoms. The van der Waals surface area contributed by atoms with Crippen LogP contribution in [0.3, 0.4) is 0 Å². The fraction of sp³-hybridized carbons (Fsp3) is 0.368. The molecule has 7 heteroatoms. The molecule has 2 aromatic rings. The summed E-state index contributed by atoms with van der Waals surface area (Å²) in [5.74, 6) is 1.38. The van der Waals surface area contributed by atoms with E-state index in [2.05, 4.69) is 21.2 Å². The van der Waals surface area contributed by atoms with Gasteiger partial charge in [0, 0.05) is 24.7 Å². The predicted molar refractivity (Wildman–Crippen MR) is 110 cm³/mol. The van der Waals surface area contributed by atoms with Gasteiger partial charge in [0.1, 0.15) is 6.61 Å². The van der Waals surface area contributed by atoms with Crippen molar-refractivity contribution in [1.82, 2.24) is 5.32 Å². The monoisotopic (exact) mass is 461 g/mol. The maximum absolute atomic E-state index is 6.06. The zero-order valence-electron chi connectivity index (χ0n) is 14.8. The first-order valence-electron chi connectivity index (χ1n) is 8.26. The van der Waals surface area contributed by atoms with Crippen LogP contribution in [0.2, 0.25) is 10.0 Å². The third-order valence-corrected chi connectivity index (χ3v) is 5.07. The normalized spacial score (nSPS) is 10.8. The van der Waals surface area contributed by atoms with Crippen molar-refractivity contribution < 1.29 is 14.2 Å². The number of methoxy groups -OCH3 is 1. The molecule has 142 valence electrons. The molecule has 0 unspecified atom stereocenters. The maximum atomic E-state index is 6.06. The van der Waals surface area contributed by atoms with Crippen LogP contribution in [0.15, 0.2) is 34.8 Å². The second-order valence-electron chi connectivity index (χ2n) is 5.53. The van der Waals surface area contributed by atoms with Crippen LogP contribution < -0.4 is 14.8 Å². The van der Waals surface area contributed by atoms with Gasteiger partial charge in [0.05, 0.1) is 23.3 Å². The number of nitrogens with one attached hydrogen (secondary N) is 1. The Balaban J connectivity index is 2.10. The summed E-state index contributed by atoms with van der Waals surface area (Å²) in [5, 5.41) is 4.36. The number of hydrogen-bond donors (Lipinski definition) is 1. The van der Waals surface area contributed by atoms with Crippen LogP contribution in [0.5, 0.6) is 11.5 Å². The van der Waals surface area contributed by atoms with E-state index < -0.39 is 0 Å². The maximum Gasteiger partial charge on any atom is 0.162 e. The minimum atomic E-state index is 0.370. The average Bonchev–Trinajstić information content (AvgIpc) is 2.62. The predicted octanol–water partition coefficient (Wildman–Crippen LogP) is 5.47. The van der Waals surface area contributed by atoms with Crippen molar-refractivity contribution in [3.63, 3.8) is 0 Å². The summed E-state index contributed by atoms with van der Waals surface area (Å²) in [5.41, 5.74) is 2.02. The number of halogens is 3. The van der Waals surface area contributed by atoms with Crippen LogP contribution in [-0.2, 0) is 17.9 Å². The van der Waals surface area contributed by atoms with Gasteiger partial charge in [-0.05, 0) is 42.3 Å². The van der Waals surface area contributed by atoms with Crippen molar-refractivity contribution in [2.24, 2.45) is 0 Å². The van der Waals surface area contributed by atoms with Gasteiger partial charge in [-0.3, -0.25) is 0 Å². The quantitative estimate of drug-likeness (QED) is 0.475. The number of rotatable bonds is 10. The Bertz CT molecular complexity index is 728. The molecule has 0 aliphatic heterocycles. The molecule has 2 aromatic carbocycles. The molecular weight excluding hydrogens is 441 g/mol. The third kappa shape index (κ3) is 6.32. The van der Waals surface area contributed by atoms with E-state index in [-0.39, 0.29) is 0 Å². The molecule has 0 aromatic heterocycles. The molecular formula is C19H22BrCl2NO3. The summed E-state index contributed by atoms with van der Waals surface area (Å²) >= 11 is 15.6. The molecule has 0 atom stereocenters. The lowest BCUT2D eigenvalue weighted by atomic mass is 10.2. The van der Waals surface area contributed by atoms with Crippen molar-refractivity contribution in [2.75, 3.05) is 26.9 Å². The molecule has 0 saturated carbocycles. The zero-order valence-corrected chi connectivity index (χ0v) is 17.9. The second kappa shape index (κ2) is 11.0. The highest BCUT2D eigenvalue weighted by Crippen LogP contribution is 2.34. The fourth-order valence-corrected chi connectivity index (χ4v) is 3.06. The summed E-state index contributed by atoms with van der Waals surface area (Å²) in [7, 11) is 1.69. The van der Waals surface area contributed by atoms with E-state index in [1.54, 1.807) is 19.2 Å². The van der Waals surface area contributed by atoms with Gasteiger partial charge in [-0.1, -0.05) is 45.2 Å². The summed E-state index contributed by atoms with van der Waals surface area (Å²) in [6.07, 6.45) is 0. The Morgan fingerprint density at radius 3 is 2.50 bits per heavy atom. The molecule has 0 radical (unpaired) electrons. The van der Waals surface area contributed by atoms with E-state index in [1.165, 1.54) is 0 Å². The lowest BCUT2D eigenvalue weighted by Gasteiger charge is -2.15. The van der Waals surface area contributed by atoms with Crippen LogP contribution in [0.25, 0.3) is 0 Å². The minimum Gasteiger partial charge on any atom is -0.490 e. The Hall–Kier alpha value is -0.980. The van der Waals surface area contributed by atoms with Crippen molar-refractivity contribution >= 4 is 39.1 Å². The Morgan fingerprint density at radius 2 is 1.81 bits per heavy atom. The molecule has 0 saturated heterocycles. The third-order valence-electron chi connectivity index (χ3n) is 3.59. The van der Waals surface area contributed by atoms with E-state index in [9.17, 15) is 0 Å². The van der Waals surface area contributed by atoms with Gasteiger partial charge in [0.25, 0.3) is 0 Å². The van der Waals surface area contributed by atoms with Gasteiger partial charge in [-0.2, -0.15) is 0 Å². The number of benzene rings is 2. The Kier molecular flexibility index (Phi) is 9.02. The largest absolute Gasteiger partial charge is 0.490 e. The highest BCUT2D eigenvalue weighted by Gasteiger charge is 2.11. The second-order valence-corrected chi connectivity index (χ2v) is 7.20. The minimum absolute atomic E-state index is 0.370. The molecule has 0 bridgehead atoms. The molecule has 0 aliphatic rings. The van der Waals surface area contributed by atoms with Crippen LogP contribution >= 0.6 is 39.1 Å². The first kappa shape index (κ1) is 21.3. The summed E-state index contributed by atoms with van der Waals surface area (Å²) in [6, 6.07) is 9.36. The Morgan fingerprint density at radius 1 is 1.04 bits per heavy atom. The SMILES string of the molecule is CCOc1cc(CNCCOC)c(Br)cc1OCc1ccc(Cl)c(Cl)c1. The lowest BCUT2D eigenvalue weighted by molar-refractivity contribution is 0.199. The van der Waals surface area contributed by atoms with Crippen molar-refractivity contribution in [3.8, 4) is 11.5 Å². The first-order valence-corrected chi connectivity index (χ1v) is 9.81.